The molecule has 0 bridgehead atoms. The minimum absolute atomic E-state index is 0.314. The van der Waals surface area contributed by atoms with Crippen LogP contribution in [-0.2, 0) is 6.54 Å². The molecule has 29 heavy (non-hydrogen) atoms. The molecule has 0 saturated carbocycles. The van der Waals surface area contributed by atoms with E-state index in [0.29, 0.717) is 28.4 Å². The Morgan fingerprint density at radius 3 is 2.55 bits per heavy atom. The van der Waals surface area contributed by atoms with Crippen LogP contribution < -0.4 is 5.73 Å². The van der Waals surface area contributed by atoms with Gasteiger partial charge < -0.3 is 10.3 Å². The van der Waals surface area contributed by atoms with Gasteiger partial charge in [-0.1, -0.05) is 54.1 Å². The van der Waals surface area contributed by atoms with Crippen molar-refractivity contribution in [2.24, 2.45) is 5.73 Å². The number of nitrogens with two attached hydrogens (primary N) is 1. The van der Waals surface area contributed by atoms with Crippen molar-refractivity contribution < 1.29 is 9.18 Å². The van der Waals surface area contributed by atoms with Crippen LogP contribution in [0.3, 0.4) is 0 Å². The number of aromatic nitrogens is 1. The number of carbonyl (C=O) groups is 1. The van der Waals surface area contributed by atoms with Gasteiger partial charge in [0.2, 0.25) is 5.91 Å². The van der Waals surface area contributed by atoms with Crippen molar-refractivity contribution in [1.82, 2.24) is 4.57 Å². The molecular formula is C25H19FN2O. The molecule has 0 radical (unpaired) electrons. The Balaban J connectivity index is 1.77. The molecular weight excluding hydrogens is 363 g/mol. The van der Waals surface area contributed by atoms with E-state index in [4.69, 9.17) is 5.73 Å². The molecule has 4 heteroatoms. The number of nitrogens with zero attached hydrogens (tertiary/aromatic N) is 1. The first kappa shape index (κ1) is 17.4. The van der Waals surface area contributed by atoms with Crippen LogP contribution in [0.25, 0.3) is 32.6 Å². The molecule has 1 aromatic heterocycles. The molecule has 0 atom stereocenters. The topological polar surface area (TPSA) is 48.0 Å². The SMILES string of the molecule is Cc1ccc2cc(Cn3c4cccc(C(N)=O)c4c4cccc(F)c43)ccc2c1. The second kappa shape index (κ2) is 6.45. The number of benzene rings is 4. The molecule has 0 saturated heterocycles. The number of aryl methyl sites for hydroxylation is 1. The highest BCUT2D eigenvalue weighted by molar-refractivity contribution is 6.18. The lowest BCUT2D eigenvalue weighted by atomic mass is 10.0. The fourth-order valence-corrected chi connectivity index (χ4v) is 4.23. The Labute approximate surface area is 167 Å². The summed E-state index contributed by atoms with van der Waals surface area (Å²) >= 11 is 0. The molecule has 1 heterocycles. The summed E-state index contributed by atoms with van der Waals surface area (Å²) in [6.45, 7) is 2.57. The Morgan fingerprint density at radius 1 is 0.966 bits per heavy atom. The van der Waals surface area contributed by atoms with Gasteiger partial charge in [0.05, 0.1) is 11.0 Å². The number of para-hydroxylation sites is 1. The number of amides is 1. The van der Waals surface area contributed by atoms with E-state index in [1.165, 1.54) is 17.0 Å². The van der Waals surface area contributed by atoms with Crippen LogP contribution >= 0.6 is 0 Å². The summed E-state index contributed by atoms with van der Waals surface area (Å²) in [5, 5.41) is 3.72. The zero-order valence-electron chi connectivity index (χ0n) is 15.9. The minimum Gasteiger partial charge on any atom is -0.366 e. The van der Waals surface area contributed by atoms with Crippen molar-refractivity contribution in [2.45, 2.75) is 13.5 Å². The normalized spacial score (nSPS) is 11.5. The van der Waals surface area contributed by atoms with Crippen LogP contribution in [0, 0.1) is 12.7 Å². The lowest BCUT2D eigenvalue weighted by Crippen LogP contribution is -2.11. The van der Waals surface area contributed by atoms with Crippen LogP contribution in [0.15, 0.2) is 72.8 Å². The standard InChI is InChI=1S/C25H19FN2O/c1-15-8-10-18-13-16(9-11-17(18)12-15)14-28-22-7-3-5-20(25(27)29)23(22)19-4-2-6-21(26)24(19)28/h2-13H,14H2,1H3,(H2,27,29). The van der Waals surface area contributed by atoms with E-state index >= 15 is 0 Å². The van der Waals surface area contributed by atoms with E-state index in [1.807, 2.05) is 16.7 Å². The maximum atomic E-state index is 14.9. The third kappa shape index (κ3) is 2.76. The van der Waals surface area contributed by atoms with Crippen molar-refractivity contribution >= 4 is 38.5 Å². The van der Waals surface area contributed by atoms with E-state index in [1.54, 1.807) is 18.2 Å². The first-order valence-electron chi connectivity index (χ1n) is 9.51. The second-order valence-electron chi connectivity index (χ2n) is 7.47. The molecule has 2 N–H and O–H groups in total. The number of hydrogen-bond donors (Lipinski definition) is 1. The molecule has 3 nitrogen and oxygen atoms in total. The molecule has 1 amide bonds. The molecule has 4 aromatic carbocycles. The lowest BCUT2D eigenvalue weighted by molar-refractivity contribution is 0.100. The first-order valence-corrected chi connectivity index (χ1v) is 9.51. The number of fused-ring (bicyclic) bond motifs is 4. The summed E-state index contributed by atoms with van der Waals surface area (Å²) < 4.78 is 16.8. The highest BCUT2D eigenvalue weighted by Crippen LogP contribution is 2.34. The average Bonchev–Trinajstić information content (AvgIpc) is 3.03. The molecule has 5 aromatic rings. The molecule has 0 aliphatic heterocycles. The van der Waals surface area contributed by atoms with Crippen molar-refractivity contribution in [3.63, 3.8) is 0 Å². The van der Waals surface area contributed by atoms with Gasteiger partial charge in [0, 0.05) is 22.9 Å². The predicted molar refractivity (Wildman–Crippen MR) is 116 cm³/mol. The first-order chi connectivity index (χ1) is 14.0. The minimum atomic E-state index is -0.514. The molecule has 0 unspecified atom stereocenters. The van der Waals surface area contributed by atoms with E-state index in [9.17, 15) is 9.18 Å². The van der Waals surface area contributed by atoms with Crippen LogP contribution in [0.4, 0.5) is 4.39 Å². The maximum absolute atomic E-state index is 14.9. The molecule has 142 valence electrons. The van der Waals surface area contributed by atoms with E-state index in [2.05, 4.69) is 43.3 Å². The average molecular weight is 382 g/mol. The Morgan fingerprint density at radius 2 is 1.72 bits per heavy atom. The molecule has 0 aliphatic rings. The van der Waals surface area contributed by atoms with Gasteiger partial charge in [-0.3, -0.25) is 4.79 Å². The monoisotopic (exact) mass is 382 g/mol. The van der Waals surface area contributed by atoms with Gasteiger partial charge in [0.15, 0.2) is 0 Å². The van der Waals surface area contributed by atoms with Crippen LogP contribution in [0.5, 0.6) is 0 Å². The maximum Gasteiger partial charge on any atom is 0.249 e. The van der Waals surface area contributed by atoms with Gasteiger partial charge in [0.1, 0.15) is 5.82 Å². The number of carbonyl (C=O) groups excluding carboxylic acids is 1. The van der Waals surface area contributed by atoms with Crippen LogP contribution in [0.2, 0.25) is 0 Å². The quantitative estimate of drug-likeness (QED) is 0.437. The fourth-order valence-electron chi connectivity index (χ4n) is 4.23. The Hall–Kier alpha value is -3.66. The van der Waals surface area contributed by atoms with E-state index in [0.717, 1.165) is 16.5 Å². The van der Waals surface area contributed by atoms with Crippen molar-refractivity contribution in [1.29, 1.82) is 0 Å². The summed E-state index contributed by atoms with van der Waals surface area (Å²) in [7, 11) is 0. The van der Waals surface area contributed by atoms with Crippen LogP contribution in [-0.4, -0.2) is 10.5 Å². The largest absolute Gasteiger partial charge is 0.366 e. The summed E-state index contributed by atoms with van der Waals surface area (Å²) in [5.74, 6) is -0.828. The predicted octanol–water partition coefficient (Wildman–Crippen LogP) is 5.54. The Bertz CT molecular complexity index is 1430. The van der Waals surface area contributed by atoms with Gasteiger partial charge in [-0.2, -0.15) is 0 Å². The smallest absolute Gasteiger partial charge is 0.249 e. The summed E-state index contributed by atoms with van der Waals surface area (Å²) in [6, 6.07) is 23.0. The van der Waals surface area contributed by atoms with Crippen LogP contribution in [0.1, 0.15) is 21.5 Å². The fraction of sp³-hybridized carbons (Fsp3) is 0.0800. The van der Waals surface area contributed by atoms with E-state index < -0.39 is 5.91 Å². The van der Waals surface area contributed by atoms with Gasteiger partial charge in [-0.05, 0) is 47.5 Å². The number of hydrogen-bond acceptors (Lipinski definition) is 1. The number of halogens is 1. The zero-order valence-corrected chi connectivity index (χ0v) is 15.9. The van der Waals surface area contributed by atoms with Crippen molar-refractivity contribution in [3.8, 4) is 0 Å². The zero-order chi connectivity index (χ0) is 20.1. The molecule has 0 aliphatic carbocycles. The highest BCUT2D eigenvalue weighted by Gasteiger charge is 2.18. The lowest BCUT2D eigenvalue weighted by Gasteiger charge is -2.10. The summed E-state index contributed by atoms with van der Waals surface area (Å²) in [6.07, 6.45) is 0. The summed E-state index contributed by atoms with van der Waals surface area (Å²) in [5.41, 5.74) is 9.57. The second-order valence-corrected chi connectivity index (χ2v) is 7.47. The van der Waals surface area contributed by atoms with Gasteiger partial charge in [-0.25, -0.2) is 4.39 Å². The third-order valence-corrected chi connectivity index (χ3v) is 5.53. The summed E-state index contributed by atoms with van der Waals surface area (Å²) in [4.78, 5) is 12.0. The molecule has 0 spiro atoms. The van der Waals surface area contributed by atoms with Crippen molar-refractivity contribution in [3.05, 3.63) is 95.3 Å². The number of rotatable bonds is 3. The molecule has 5 rings (SSSR count). The van der Waals surface area contributed by atoms with Gasteiger partial charge in [0.25, 0.3) is 0 Å². The van der Waals surface area contributed by atoms with Crippen molar-refractivity contribution in [2.75, 3.05) is 0 Å². The van der Waals surface area contributed by atoms with Gasteiger partial charge >= 0.3 is 0 Å². The third-order valence-electron chi connectivity index (χ3n) is 5.53. The molecule has 0 fully saturated rings. The van der Waals surface area contributed by atoms with Gasteiger partial charge in [-0.15, -0.1) is 0 Å². The highest BCUT2D eigenvalue weighted by atomic mass is 19.1. The number of primary amides is 1. The Kier molecular flexibility index (Phi) is 3.88. The van der Waals surface area contributed by atoms with E-state index in [-0.39, 0.29) is 5.82 Å².